The van der Waals surface area contributed by atoms with E-state index in [1.165, 1.54) is 25.5 Å². The van der Waals surface area contributed by atoms with E-state index in [-0.39, 0.29) is 5.97 Å². The Hall–Kier alpha value is -1.39. The fourth-order valence-corrected chi connectivity index (χ4v) is 2.92. The molecule has 4 nitrogen and oxygen atoms in total. The van der Waals surface area contributed by atoms with Crippen LogP contribution in [0.4, 0.5) is 0 Å². The zero-order chi connectivity index (χ0) is 14.4. The van der Waals surface area contributed by atoms with Crippen molar-refractivity contribution in [1.82, 2.24) is 10.2 Å². The predicted molar refractivity (Wildman–Crippen MR) is 79.7 cm³/mol. The van der Waals surface area contributed by atoms with Gasteiger partial charge in [-0.05, 0) is 56.6 Å². The molecule has 4 heteroatoms. The van der Waals surface area contributed by atoms with Crippen molar-refractivity contribution in [3.05, 3.63) is 35.4 Å². The zero-order valence-corrected chi connectivity index (χ0v) is 12.4. The maximum atomic E-state index is 11.6. The van der Waals surface area contributed by atoms with Crippen molar-refractivity contribution in [2.45, 2.75) is 19.4 Å². The molecule has 1 heterocycles. The van der Waals surface area contributed by atoms with Gasteiger partial charge in [0, 0.05) is 13.1 Å². The first-order valence-corrected chi connectivity index (χ1v) is 7.27. The Labute approximate surface area is 121 Å². The zero-order valence-electron chi connectivity index (χ0n) is 12.4. The highest BCUT2D eigenvalue weighted by Crippen LogP contribution is 2.18. The minimum absolute atomic E-state index is 0.265. The molecule has 0 aromatic heterocycles. The second kappa shape index (κ2) is 7.41. The number of methoxy groups -OCH3 is 1. The molecule has 0 radical (unpaired) electrons. The SMILES string of the molecule is CNCC1CCCN(Cc2cccc(C(=O)OC)c2)C1. The molecule has 1 saturated heterocycles. The van der Waals surface area contributed by atoms with Crippen LogP contribution in [0.5, 0.6) is 0 Å². The van der Waals surface area contributed by atoms with E-state index in [4.69, 9.17) is 4.74 Å². The number of nitrogens with one attached hydrogen (secondary N) is 1. The van der Waals surface area contributed by atoms with E-state index in [2.05, 4.69) is 16.3 Å². The minimum Gasteiger partial charge on any atom is -0.465 e. The number of hydrogen-bond donors (Lipinski definition) is 1. The highest BCUT2D eigenvalue weighted by Gasteiger charge is 2.19. The van der Waals surface area contributed by atoms with Crippen molar-refractivity contribution in [3.63, 3.8) is 0 Å². The van der Waals surface area contributed by atoms with Gasteiger partial charge in [-0.1, -0.05) is 12.1 Å². The average molecular weight is 276 g/mol. The van der Waals surface area contributed by atoms with Gasteiger partial charge in [-0.25, -0.2) is 4.79 Å². The van der Waals surface area contributed by atoms with E-state index in [9.17, 15) is 4.79 Å². The van der Waals surface area contributed by atoms with Gasteiger partial charge >= 0.3 is 5.97 Å². The van der Waals surface area contributed by atoms with Crippen LogP contribution in [0, 0.1) is 5.92 Å². The second-order valence-electron chi connectivity index (χ2n) is 5.49. The van der Waals surface area contributed by atoms with Gasteiger partial charge in [0.05, 0.1) is 12.7 Å². The fourth-order valence-electron chi connectivity index (χ4n) is 2.92. The number of nitrogens with zero attached hydrogens (tertiary/aromatic N) is 1. The molecule has 110 valence electrons. The van der Waals surface area contributed by atoms with Crippen LogP contribution in [-0.2, 0) is 11.3 Å². The lowest BCUT2D eigenvalue weighted by Crippen LogP contribution is -2.38. The first-order valence-electron chi connectivity index (χ1n) is 7.27. The summed E-state index contributed by atoms with van der Waals surface area (Å²) < 4.78 is 4.77. The Bertz CT molecular complexity index is 446. The van der Waals surface area contributed by atoms with Gasteiger partial charge in [-0.3, -0.25) is 4.90 Å². The van der Waals surface area contributed by atoms with Gasteiger partial charge in [-0.15, -0.1) is 0 Å². The lowest BCUT2D eigenvalue weighted by atomic mass is 9.97. The number of hydrogen-bond acceptors (Lipinski definition) is 4. The normalized spacial score (nSPS) is 19.8. The maximum Gasteiger partial charge on any atom is 0.337 e. The Morgan fingerprint density at radius 3 is 3.10 bits per heavy atom. The number of rotatable bonds is 5. The number of carbonyl (C=O) groups is 1. The number of esters is 1. The molecule has 2 rings (SSSR count). The van der Waals surface area contributed by atoms with Gasteiger partial charge in [-0.2, -0.15) is 0 Å². The highest BCUT2D eigenvalue weighted by atomic mass is 16.5. The number of piperidine rings is 1. The van der Waals surface area contributed by atoms with Gasteiger partial charge in [0.1, 0.15) is 0 Å². The van der Waals surface area contributed by atoms with Gasteiger partial charge in [0.15, 0.2) is 0 Å². The average Bonchev–Trinajstić information content (AvgIpc) is 2.47. The molecule has 1 N–H and O–H groups in total. The monoisotopic (exact) mass is 276 g/mol. The van der Waals surface area contributed by atoms with Crippen LogP contribution in [0.2, 0.25) is 0 Å². The lowest BCUT2D eigenvalue weighted by Gasteiger charge is -2.32. The molecule has 1 aromatic rings. The largest absolute Gasteiger partial charge is 0.465 e. The molecule has 1 aromatic carbocycles. The third-order valence-corrected chi connectivity index (χ3v) is 3.85. The molecule has 20 heavy (non-hydrogen) atoms. The summed E-state index contributed by atoms with van der Waals surface area (Å²) >= 11 is 0. The maximum absolute atomic E-state index is 11.6. The molecule has 1 fully saturated rings. The first kappa shape index (κ1) is 15.0. The Morgan fingerprint density at radius 1 is 1.50 bits per heavy atom. The number of ether oxygens (including phenoxy) is 1. The predicted octanol–water partition coefficient (Wildman–Crippen LogP) is 1.90. The molecule has 1 aliphatic heterocycles. The molecular weight excluding hydrogens is 252 g/mol. The van der Waals surface area contributed by atoms with Crippen molar-refractivity contribution in [3.8, 4) is 0 Å². The van der Waals surface area contributed by atoms with Crippen molar-refractivity contribution >= 4 is 5.97 Å². The highest BCUT2D eigenvalue weighted by molar-refractivity contribution is 5.89. The molecule has 0 aliphatic carbocycles. The topological polar surface area (TPSA) is 41.6 Å². The van der Waals surface area contributed by atoms with Crippen LogP contribution < -0.4 is 5.32 Å². The second-order valence-corrected chi connectivity index (χ2v) is 5.49. The van der Waals surface area contributed by atoms with Crippen LogP contribution in [0.1, 0.15) is 28.8 Å². The number of carbonyl (C=O) groups excluding carboxylic acids is 1. The van der Waals surface area contributed by atoms with Crippen LogP contribution in [0.15, 0.2) is 24.3 Å². The summed E-state index contributed by atoms with van der Waals surface area (Å²) in [6.07, 6.45) is 2.56. The summed E-state index contributed by atoms with van der Waals surface area (Å²) in [4.78, 5) is 14.0. The fraction of sp³-hybridized carbons (Fsp3) is 0.562. The smallest absolute Gasteiger partial charge is 0.337 e. The molecule has 0 saturated carbocycles. The molecule has 0 spiro atoms. The van der Waals surface area contributed by atoms with Crippen molar-refractivity contribution in [2.24, 2.45) is 5.92 Å². The summed E-state index contributed by atoms with van der Waals surface area (Å²) in [7, 11) is 3.43. The van der Waals surface area contributed by atoms with Gasteiger partial charge < -0.3 is 10.1 Å². The third kappa shape index (κ3) is 4.05. The van der Waals surface area contributed by atoms with E-state index in [1.807, 2.05) is 19.2 Å². The minimum atomic E-state index is -0.265. The Balaban J connectivity index is 1.97. The molecule has 1 atom stereocenters. The number of likely N-dealkylation sites (tertiary alicyclic amines) is 1. The quantitative estimate of drug-likeness (QED) is 0.834. The van der Waals surface area contributed by atoms with Crippen LogP contribution in [-0.4, -0.2) is 44.7 Å². The van der Waals surface area contributed by atoms with E-state index < -0.39 is 0 Å². The Kier molecular flexibility index (Phi) is 5.56. The lowest BCUT2D eigenvalue weighted by molar-refractivity contribution is 0.0600. The summed E-state index contributed by atoms with van der Waals surface area (Å²) in [5, 5.41) is 3.27. The van der Waals surface area contributed by atoms with E-state index in [0.29, 0.717) is 5.56 Å². The summed E-state index contributed by atoms with van der Waals surface area (Å²) in [5.41, 5.74) is 1.81. The van der Waals surface area contributed by atoms with Gasteiger partial charge in [0.25, 0.3) is 0 Å². The summed E-state index contributed by atoms with van der Waals surface area (Å²) in [6, 6.07) is 7.74. The van der Waals surface area contributed by atoms with E-state index in [1.54, 1.807) is 6.07 Å². The van der Waals surface area contributed by atoms with Crippen LogP contribution >= 0.6 is 0 Å². The van der Waals surface area contributed by atoms with Crippen molar-refractivity contribution in [2.75, 3.05) is 33.8 Å². The molecule has 1 unspecified atom stereocenters. The number of benzene rings is 1. The van der Waals surface area contributed by atoms with E-state index in [0.717, 1.165) is 32.1 Å². The van der Waals surface area contributed by atoms with Crippen LogP contribution in [0.25, 0.3) is 0 Å². The molecular formula is C16H24N2O2. The molecule has 0 bridgehead atoms. The van der Waals surface area contributed by atoms with Gasteiger partial charge in [0.2, 0.25) is 0 Å². The Morgan fingerprint density at radius 2 is 2.35 bits per heavy atom. The van der Waals surface area contributed by atoms with E-state index >= 15 is 0 Å². The van der Waals surface area contributed by atoms with Crippen molar-refractivity contribution in [1.29, 1.82) is 0 Å². The van der Waals surface area contributed by atoms with Crippen LogP contribution in [0.3, 0.4) is 0 Å². The van der Waals surface area contributed by atoms with Crippen molar-refractivity contribution < 1.29 is 9.53 Å². The summed E-state index contributed by atoms with van der Waals surface area (Å²) in [6.45, 7) is 4.26. The summed E-state index contributed by atoms with van der Waals surface area (Å²) in [5.74, 6) is 0.469. The molecule has 0 amide bonds. The third-order valence-electron chi connectivity index (χ3n) is 3.85. The standard InChI is InChI=1S/C16H24N2O2/c1-17-10-14-6-4-8-18(12-14)11-13-5-3-7-15(9-13)16(19)20-2/h3,5,7,9,14,17H,4,6,8,10-12H2,1-2H3. The first-order chi connectivity index (χ1) is 9.72. The molecule has 1 aliphatic rings.